The predicted molar refractivity (Wildman–Crippen MR) is 140 cm³/mol. The first-order chi connectivity index (χ1) is 16.9. The summed E-state index contributed by atoms with van der Waals surface area (Å²) in [6, 6.07) is 18.0. The zero-order chi connectivity index (χ0) is 24.6. The molecule has 3 aromatic carbocycles. The Bertz CT molecular complexity index is 1570. The first kappa shape index (κ1) is 25.5. The molecular weight excluding hydrogens is 520 g/mol. The highest BCUT2D eigenvalue weighted by atomic mass is 35.5. The molecule has 0 saturated carbocycles. The Morgan fingerprint density at radius 3 is 2.53 bits per heavy atom. The normalized spacial score (nSPS) is 13.4. The van der Waals surface area contributed by atoms with Crippen molar-refractivity contribution in [3.8, 4) is 10.6 Å². The number of nitrogens with two attached hydrogens (primary N) is 1. The van der Waals surface area contributed by atoms with Gasteiger partial charge in [0.2, 0.25) is 9.84 Å². The van der Waals surface area contributed by atoms with Crippen molar-refractivity contribution in [1.29, 1.82) is 0 Å². The molecular formula is C25H21ClN4O4S2. The Kier molecular flexibility index (Phi) is 7.23. The van der Waals surface area contributed by atoms with E-state index in [2.05, 4.69) is 15.6 Å². The van der Waals surface area contributed by atoms with E-state index in [9.17, 15) is 18.0 Å². The van der Waals surface area contributed by atoms with Crippen LogP contribution in [0.1, 0.15) is 31.2 Å². The summed E-state index contributed by atoms with van der Waals surface area (Å²) >= 11 is 1.46. The molecule has 0 radical (unpaired) electrons. The lowest BCUT2D eigenvalue weighted by Gasteiger charge is -2.10. The third kappa shape index (κ3) is 4.76. The molecule has 4 aromatic rings. The van der Waals surface area contributed by atoms with E-state index in [1.807, 2.05) is 24.3 Å². The summed E-state index contributed by atoms with van der Waals surface area (Å²) in [5, 5.41) is 6.27. The van der Waals surface area contributed by atoms with Crippen LogP contribution >= 0.6 is 23.7 Å². The molecule has 0 saturated heterocycles. The van der Waals surface area contributed by atoms with Crippen molar-refractivity contribution in [3.63, 3.8) is 0 Å². The molecule has 1 aliphatic rings. The Morgan fingerprint density at radius 2 is 1.78 bits per heavy atom. The SMILES string of the molecule is Cl.NCc1ccc(-c2ncc(CNC(=O)c3ccc4c(c3)NC(=O)c3ccccc3S4(=O)=O)s2)cc1. The van der Waals surface area contributed by atoms with Crippen LogP contribution in [-0.4, -0.2) is 25.2 Å². The molecule has 4 N–H and O–H groups in total. The molecule has 0 bridgehead atoms. The van der Waals surface area contributed by atoms with Crippen molar-refractivity contribution in [2.24, 2.45) is 5.73 Å². The van der Waals surface area contributed by atoms with Gasteiger partial charge >= 0.3 is 0 Å². The Hall–Kier alpha value is -3.57. The fraction of sp³-hybridized carbons (Fsp3) is 0.0800. The summed E-state index contributed by atoms with van der Waals surface area (Å²) in [5.41, 5.74) is 8.00. The van der Waals surface area contributed by atoms with Crippen LogP contribution in [0.25, 0.3) is 10.6 Å². The van der Waals surface area contributed by atoms with Gasteiger partial charge in [-0.15, -0.1) is 23.7 Å². The number of benzene rings is 3. The van der Waals surface area contributed by atoms with Crippen molar-refractivity contribution in [1.82, 2.24) is 10.3 Å². The van der Waals surface area contributed by atoms with Gasteiger partial charge in [0.05, 0.1) is 27.6 Å². The van der Waals surface area contributed by atoms with Gasteiger partial charge in [0, 0.05) is 28.7 Å². The topological polar surface area (TPSA) is 131 Å². The van der Waals surface area contributed by atoms with Gasteiger partial charge in [0.25, 0.3) is 11.8 Å². The van der Waals surface area contributed by atoms with Gasteiger partial charge in [-0.3, -0.25) is 9.59 Å². The largest absolute Gasteiger partial charge is 0.347 e. The number of aromatic nitrogens is 1. The van der Waals surface area contributed by atoms with Crippen LogP contribution in [0.15, 0.2) is 82.7 Å². The van der Waals surface area contributed by atoms with Gasteiger partial charge in [-0.25, -0.2) is 13.4 Å². The molecule has 5 rings (SSSR count). The number of amides is 2. The van der Waals surface area contributed by atoms with E-state index in [1.54, 1.807) is 18.3 Å². The maximum Gasteiger partial charge on any atom is 0.257 e. The summed E-state index contributed by atoms with van der Waals surface area (Å²) in [7, 11) is -3.93. The monoisotopic (exact) mass is 540 g/mol. The highest BCUT2D eigenvalue weighted by molar-refractivity contribution is 7.91. The predicted octanol–water partition coefficient (Wildman–Crippen LogP) is 4.02. The summed E-state index contributed by atoms with van der Waals surface area (Å²) in [6.07, 6.45) is 1.71. The second-order valence-electron chi connectivity index (χ2n) is 7.88. The molecule has 11 heteroatoms. The second-order valence-corrected chi connectivity index (χ2v) is 10.9. The zero-order valence-electron chi connectivity index (χ0n) is 18.7. The molecule has 0 spiro atoms. The highest BCUT2D eigenvalue weighted by Crippen LogP contribution is 2.34. The summed E-state index contributed by atoms with van der Waals surface area (Å²) in [5.74, 6) is -0.944. The number of halogens is 1. The number of nitrogens with zero attached hydrogens (tertiary/aromatic N) is 1. The number of nitrogens with one attached hydrogen (secondary N) is 2. The lowest BCUT2D eigenvalue weighted by atomic mass is 10.1. The van der Waals surface area contributed by atoms with Crippen LogP contribution in [0.5, 0.6) is 0 Å². The molecule has 0 fully saturated rings. The van der Waals surface area contributed by atoms with E-state index < -0.39 is 21.7 Å². The average Bonchev–Trinajstić information content (AvgIpc) is 3.33. The summed E-state index contributed by atoms with van der Waals surface area (Å²) < 4.78 is 26.2. The smallest absolute Gasteiger partial charge is 0.257 e. The quantitative estimate of drug-likeness (QED) is 0.350. The van der Waals surface area contributed by atoms with Crippen LogP contribution in [0, 0.1) is 0 Å². The van der Waals surface area contributed by atoms with Crippen molar-refractivity contribution in [2.75, 3.05) is 5.32 Å². The van der Waals surface area contributed by atoms with E-state index in [4.69, 9.17) is 5.73 Å². The van der Waals surface area contributed by atoms with Crippen molar-refractivity contribution in [3.05, 3.63) is 94.5 Å². The number of carbonyl (C=O) groups excluding carboxylic acids is 2. The molecule has 2 heterocycles. The van der Waals surface area contributed by atoms with Crippen molar-refractivity contribution < 1.29 is 18.0 Å². The van der Waals surface area contributed by atoms with Crippen LogP contribution in [-0.2, 0) is 22.9 Å². The molecule has 2 amide bonds. The fourth-order valence-electron chi connectivity index (χ4n) is 3.78. The number of carbonyl (C=O) groups is 2. The lowest BCUT2D eigenvalue weighted by molar-refractivity contribution is 0.0949. The minimum Gasteiger partial charge on any atom is -0.347 e. The maximum atomic E-state index is 13.1. The minimum atomic E-state index is -3.93. The highest BCUT2D eigenvalue weighted by Gasteiger charge is 2.31. The molecule has 0 atom stereocenters. The van der Waals surface area contributed by atoms with E-state index in [-0.39, 0.29) is 45.6 Å². The van der Waals surface area contributed by atoms with E-state index in [0.717, 1.165) is 21.0 Å². The summed E-state index contributed by atoms with van der Waals surface area (Å²) in [6.45, 7) is 0.727. The third-order valence-electron chi connectivity index (χ3n) is 5.61. The molecule has 1 aromatic heterocycles. The number of hydrogen-bond donors (Lipinski definition) is 3. The molecule has 0 aliphatic carbocycles. The van der Waals surface area contributed by atoms with Crippen molar-refractivity contribution >= 4 is 51.1 Å². The lowest BCUT2D eigenvalue weighted by Crippen LogP contribution is -2.22. The van der Waals surface area contributed by atoms with E-state index in [0.29, 0.717) is 6.54 Å². The molecule has 184 valence electrons. The molecule has 0 unspecified atom stereocenters. The number of fused-ring (bicyclic) bond motifs is 2. The second kappa shape index (κ2) is 10.2. The number of thiazole rings is 1. The van der Waals surface area contributed by atoms with Gasteiger partial charge in [-0.2, -0.15) is 0 Å². The average molecular weight is 541 g/mol. The Balaban J connectivity index is 0.00000304. The fourth-order valence-corrected chi connectivity index (χ4v) is 6.22. The first-order valence-electron chi connectivity index (χ1n) is 10.7. The Labute approximate surface area is 217 Å². The molecule has 36 heavy (non-hydrogen) atoms. The standard InChI is InChI=1S/C25H20N4O4S2.ClH/c26-12-15-5-7-16(8-6-15)25-28-14-18(34-25)13-27-23(30)17-9-10-22-20(11-17)29-24(31)19-3-1-2-4-21(19)35(22,32)33;/h1-11,14H,12-13,26H2,(H,27,30)(H,29,31);1H. The van der Waals surface area contributed by atoms with E-state index in [1.165, 1.54) is 41.7 Å². The van der Waals surface area contributed by atoms with Gasteiger partial charge in [-0.1, -0.05) is 36.4 Å². The molecule has 1 aliphatic heterocycles. The minimum absolute atomic E-state index is 0. The van der Waals surface area contributed by atoms with Gasteiger partial charge in [0.1, 0.15) is 5.01 Å². The number of hydrogen-bond acceptors (Lipinski definition) is 7. The van der Waals surface area contributed by atoms with Crippen LogP contribution in [0.2, 0.25) is 0 Å². The number of sulfone groups is 1. The van der Waals surface area contributed by atoms with E-state index >= 15 is 0 Å². The number of anilines is 1. The zero-order valence-corrected chi connectivity index (χ0v) is 21.2. The first-order valence-corrected chi connectivity index (χ1v) is 13.0. The third-order valence-corrected chi connectivity index (χ3v) is 8.53. The van der Waals surface area contributed by atoms with Gasteiger partial charge < -0.3 is 16.4 Å². The van der Waals surface area contributed by atoms with Crippen LogP contribution in [0.3, 0.4) is 0 Å². The van der Waals surface area contributed by atoms with Crippen molar-refractivity contribution in [2.45, 2.75) is 22.9 Å². The van der Waals surface area contributed by atoms with Gasteiger partial charge in [0.15, 0.2) is 0 Å². The number of rotatable bonds is 5. The van der Waals surface area contributed by atoms with Crippen LogP contribution in [0.4, 0.5) is 5.69 Å². The summed E-state index contributed by atoms with van der Waals surface area (Å²) in [4.78, 5) is 30.6. The maximum absolute atomic E-state index is 13.1. The molecule has 8 nitrogen and oxygen atoms in total. The Morgan fingerprint density at radius 1 is 1.03 bits per heavy atom. The van der Waals surface area contributed by atoms with Crippen LogP contribution < -0.4 is 16.4 Å². The van der Waals surface area contributed by atoms with Gasteiger partial charge in [-0.05, 0) is 35.9 Å².